The molecule has 2 aromatic rings. The molecule has 0 unspecified atom stereocenters. The maximum absolute atomic E-state index is 12.5. The van der Waals surface area contributed by atoms with Gasteiger partial charge in [0, 0.05) is 49.0 Å². The largest absolute Gasteiger partial charge is 0.493 e. The SMILES string of the molecule is O=C1CCc2cc(OCCC(=O)N3CCN(c4ccc(Cl)cc4)CC3)ccc2N1. The zero-order chi connectivity index (χ0) is 20.2. The lowest BCUT2D eigenvalue weighted by Gasteiger charge is -2.36. The van der Waals surface area contributed by atoms with Crippen LogP contribution < -0.4 is 15.0 Å². The first-order valence-electron chi connectivity index (χ1n) is 9.92. The minimum absolute atomic E-state index is 0.0490. The van der Waals surface area contributed by atoms with Crippen LogP contribution in [-0.4, -0.2) is 49.5 Å². The van der Waals surface area contributed by atoms with Crippen molar-refractivity contribution in [2.75, 3.05) is 43.0 Å². The van der Waals surface area contributed by atoms with Crippen molar-refractivity contribution >= 4 is 34.8 Å². The van der Waals surface area contributed by atoms with Crippen LogP contribution in [-0.2, 0) is 16.0 Å². The fraction of sp³-hybridized carbons (Fsp3) is 0.364. The molecule has 2 aliphatic heterocycles. The van der Waals surface area contributed by atoms with Crippen LogP contribution in [0.1, 0.15) is 18.4 Å². The summed E-state index contributed by atoms with van der Waals surface area (Å²) in [4.78, 5) is 28.1. The standard InChI is InChI=1S/C22H24ClN3O3/c23-17-2-4-18(5-3-17)25-10-12-26(13-11-25)22(28)9-14-29-19-6-7-20-16(15-19)1-8-21(27)24-20/h2-7,15H,1,8-14H2,(H,24,27). The van der Waals surface area contributed by atoms with Gasteiger partial charge in [-0.3, -0.25) is 9.59 Å². The van der Waals surface area contributed by atoms with E-state index in [9.17, 15) is 9.59 Å². The van der Waals surface area contributed by atoms with Crippen LogP contribution >= 0.6 is 11.6 Å². The highest BCUT2D eigenvalue weighted by Crippen LogP contribution is 2.27. The third-order valence-electron chi connectivity index (χ3n) is 5.38. The average molecular weight is 414 g/mol. The summed E-state index contributed by atoms with van der Waals surface area (Å²) in [6.07, 6.45) is 1.57. The number of hydrogen-bond donors (Lipinski definition) is 1. The number of hydrogen-bond acceptors (Lipinski definition) is 4. The third kappa shape index (κ3) is 4.82. The number of nitrogens with zero attached hydrogens (tertiary/aromatic N) is 2. The highest BCUT2D eigenvalue weighted by Gasteiger charge is 2.21. The number of amides is 2. The Morgan fingerprint density at radius 1 is 1.03 bits per heavy atom. The Balaban J connectivity index is 1.22. The average Bonchev–Trinajstić information content (AvgIpc) is 2.74. The molecule has 0 bridgehead atoms. The van der Waals surface area contributed by atoms with E-state index in [1.54, 1.807) is 0 Å². The number of ether oxygens (including phenoxy) is 1. The van der Waals surface area contributed by atoms with Crippen LogP contribution in [0.3, 0.4) is 0 Å². The number of fused-ring (bicyclic) bond motifs is 1. The monoisotopic (exact) mass is 413 g/mol. The molecule has 0 aliphatic carbocycles. The van der Waals surface area contributed by atoms with Crippen LogP contribution in [0.15, 0.2) is 42.5 Å². The number of nitrogens with one attached hydrogen (secondary N) is 1. The van der Waals surface area contributed by atoms with Gasteiger partial charge >= 0.3 is 0 Å². The lowest BCUT2D eigenvalue weighted by molar-refractivity contribution is -0.132. The molecule has 7 heteroatoms. The molecular formula is C22H24ClN3O3. The number of piperazine rings is 1. The van der Waals surface area contributed by atoms with E-state index in [1.165, 1.54) is 0 Å². The van der Waals surface area contributed by atoms with E-state index in [1.807, 2.05) is 47.4 Å². The maximum Gasteiger partial charge on any atom is 0.226 e. The Kier molecular flexibility index (Phi) is 5.90. The molecule has 2 aromatic carbocycles. The molecule has 6 nitrogen and oxygen atoms in total. The number of carbonyl (C=O) groups is 2. The van der Waals surface area contributed by atoms with Gasteiger partial charge in [-0.15, -0.1) is 0 Å². The normalized spacial score (nSPS) is 16.2. The van der Waals surface area contributed by atoms with Crippen LogP contribution in [0.2, 0.25) is 5.02 Å². The predicted molar refractivity (Wildman–Crippen MR) is 114 cm³/mol. The van der Waals surface area contributed by atoms with Crippen molar-refractivity contribution in [3.63, 3.8) is 0 Å². The van der Waals surface area contributed by atoms with E-state index >= 15 is 0 Å². The Bertz CT molecular complexity index is 893. The van der Waals surface area contributed by atoms with Crippen LogP contribution in [0.5, 0.6) is 5.75 Å². The fourth-order valence-corrected chi connectivity index (χ4v) is 3.86. The zero-order valence-electron chi connectivity index (χ0n) is 16.2. The minimum atomic E-state index is 0.0490. The van der Waals surface area contributed by atoms with Gasteiger partial charge in [-0.1, -0.05) is 11.6 Å². The van der Waals surface area contributed by atoms with E-state index in [0.717, 1.165) is 47.2 Å². The second-order valence-corrected chi connectivity index (χ2v) is 7.75. The molecule has 0 saturated carbocycles. The molecule has 0 spiro atoms. The van der Waals surface area contributed by atoms with Gasteiger partial charge in [0.05, 0.1) is 13.0 Å². The molecule has 1 saturated heterocycles. The van der Waals surface area contributed by atoms with Gasteiger partial charge in [0.2, 0.25) is 11.8 Å². The first-order valence-corrected chi connectivity index (χ1v) is 10.3. The van der Waals surface area contributed by atoms with E-state index in [-0.39, 0.29) is 11.8 Å². The quantitative estimate of drug-likeness (QED) is 0.816. The summed E-state index contributed by atoms with van der Waals surface area (Å²) >= 11 is 5.95. The molecule has 2 heterocycles. The van der Waals surface area contributed by atoms with Crippen LogP contribution in [0, 0.1) is 0 Å². The molecule has 29 heavy (non-hydrogen) atoms. The molecule has 0 aromatic heterocycles. The maximum atomic E-state index is 12.5. The number of carbonyl (C=O) groups excluding carboxylic acids is 2. The summed E-state index contributed by atoms with van der Waals surface area (Å²) in [7, 11) is 0. The number of halogens is 1. The van der Waals surface area contributed by atoms with E-state index in [4.69, 9.17) is 16.3 Å². The van der Waals surface area contributed by atoms with Gasteiger partial charge in [-0.2, -0.15) is 0 Å². The van der Waals surface area contributed by atoms with Crippen molar-refractivity contribution in [1.82, 2.24) is 4.90 Å². The molecule has 4 rings (SSSR count). The smallest absolute Gasteiger partial charge is 0.226 e. The summed E-state index contributed by atoms with van der Waals surface area (Å²) in [5.41, 5.74) is 3.06. The van der Waals surface area contributed by atoms with Gasteiger partial charge in [0.1, 0.15) is 5.75 Å². The van der Waals surface area contributed by atoms with Gasteiger partial charge in [0.25, 0.3) is 0 Å². The minimum Gasteiger partial charge on any atom is -0.493 e. The highest BCUT2D eigenvalue weighted by atomic mass is 35.5. The van der Waals surface area contributed by atoms with Crippen molar-refractivity contribution in [3.8, 4) is 5.75 Å². The number of anilines is 2. The highest BCUT2D eigenvalue weighted by molar-refractivity contribution is 6.30. The molecular weight excluding hydrogens is 390 g/mol. The first-order chi connectivity index (χ1) is 14.1. The zero-order valence-corrected chi connectivity index (χ0v) is 17.0. The summed E-state index contributed by atoms with van der Waals surface area (Å²) in [6.45, 7) is 3.39. The van der Waals surface area contributed by atoms with Crippen molar-refractivity contribution < 1.29 is 14.3 Å². The summed E-state index contributed by atoms with van der Waals surface area (Å²) in [5, 5.41) is 3.58. The molecule has 2 aliphatic rings. The summed E-state index contributed by atoms with van der Waals surface area (Å²) in [5.74, 6) is 0.902. The molecule has 2 amide bonds. The predicted octanol–water partition coefficient (Wildman–Crippen LogP) is 3.34. The molecule has 0 radical (unpaired) electrons. The third-order valence-corrected chi connectivity index (χ3v) is 5.63. The molecule has 152 valence electrons. The van der Waals surface area contributed by atoms with Crippen molar-refractivity contribution in [2.45, 2.75) is 19.3 Å². The summed E-state index contributed by atoms with van der Waals surface area (Å²) < 4.78 is 5.78. The lowest BCUT2D eigenvalue weighted by atomic mass is 10.0. The van der Waals surface area contributed by atoms with Gasteiger partial charge in [-0.05, 0) is 54.4 Å². The second kappa shape index (κ2) is 8.74. The van der Waals surface area contributed by atoms with Crippen molar-refractivity contribution in [2.24, 2.45) is 0 Å². The topological polar surface area (TPSA) is 61.9 Å². The Labute approximate surface area is 175 Å². The molecule has 0 atom stereocenters. The lowest BCUT2D eigenvalue weighted by Crippen LogP contribution is -2.49. The number of rotatable bonds is 5. The van der Waals surface area contributed by atoms with Crippen molar-refractivity contribution in [3.05, 3.63) is 53.1 Å². The van der Waals surface area contributed by atoms with E-state index < -0.39 is 0 Å². The van der Waals surface area contributed by atoms with Gasteiger partial charge < -0.3 is 19.9 Å². The Morgan fingerprint density at radius 2 is 1.79 bits per heavy atom. The van der Waals surface area contributed by atoms with Gasteiger partial charge in [-0.25, -0.2) is 0 Å². The van der Waals surface area contributed by atoms with Crippen molar-refractivity contribution in [1.29, 1.82) is 0 Å². The first kappa shape index (κ1) is 19.6. The Hall–Kier alpha value is -2.73. The molecule has 1 N–H and O–H groups in total. The Morgan fingerprint density at radius 3 is 2.55 bits per heavy atom. The van der Waals surface area contributed by atoms with E-state index in [2.05, 4.69) is 10.2 Å². The number of benzene rings is 2. The van der Waals surface area contributed by atoms with Crippen LogP contribution in [0.25, 0.3) is 0 Å². The summed E-state index contributed by atoms with van der Waals surface area (Å²) in [6, 6.07) is 13.4. The second-order valence-electron chi connectivity index (χ2n) is 7.31. The van der Waals surface area contributed by atoms with Gasteiger partial charge in [0.15, 0.2) is 0 Å². The van der Waals surface area contributed by atoms with Crippen LogP contribution in [0.4, 0.5) is 11.4 Å². The number of aryl methyl sites for hydroxylation is 1. The van der Waals surface area contributed by atoms with E-state index in [0.29, 0.717) is 32.5 Å². The fourth-order valence-electron chi connectivity index (χ4n) is 3.73. The molecule has 1 fully saturated rings.